The van der Waals surface area contributed by atoms with Crippen molar-refractivity contribution in [2.75, 3.05) is 20.3 Å². The van der Waals surface area contributed by atoms with Crippen LogP contribution in [-0.2, 0) is 35.2 Å². The molecule has 1 aliphatic rings. The monoisotopic (exact) mass is 362 g/mol. The molecule has 2 atom stereocenters. The fraction of sp³-hybridized carbons (Fsp3) is 0.421. The quantitative estimate of drug-likeness (QED) is 0.287. The Morgan fingerprint density at radius 1 is 1.15 bits per heavy atom. The Morgan fingerprint density at radius 2 is 1.81 bits per heavy atom. The summed E-state index contributed by atoms with van der Waals surface area (Å²) in [5.74, 6) is -1.61. The number of carbonyl (C=O) groups is 3. The van der Waals surface area contributed by atoms with E-state index in [-0.39, 0.29) is 26.2 Å². The Labute approximate surface area is 151 Å². The molecular weight excluding hydrogens is 340 g/mol. The highest BCUT2D eigenvalue weighted by Gasteiger charge is 2.68. The average molecular weight is 362 g/mol. The van der Waals surface area contributed by atoms with Gasteiger partial charge in [0.25, 0.3) is 0 Å². The van der Waals surface area contributed by atoms with Crippen molar-refractivity contribution in [1.82, 2.24) is 0 Å². The normalized spacial score (nSPS) is 20.6. The number of hydrogen-bond acceptors (Lipinski definition) is 7. The number of hydrogen-bond donors (Lipinski definition) is 0. The molecule has 26 heavy (non-hydrogen) atoms. The molecule has 1 fully saturated rings. The minimum absolute atomic E-state index is 0.00731. The van der Waals surface area contributed by atoms with Crippen LogP contribution < -0.4 is 4.74 Å². The molecule has 1 aliphatic carbocycles. The van der Waals surface area contributed by atoms with Gasteiger partial charge in [-0.2, -0.15) is 0 Å². The van der Waals surface area contributed by atoms with Crippen molar-refractivity contribution >= 4 is 17.9 Å². The molecule has 7 nitrogen and oxygen atoms in total. The molecule has 1 saturated carbocycles. The zero-order chi connectivity index (χ0) is 19.2. The summed E-state index contributed by atoms with van der Waals surface area (Å²) in [6, 6.07) is 7.02. The number of ether oxygens (including phenoxy) is 4. The van der Waals surface area contributed by atoms with Gasteiger partial charge in [0.2, 0.25) is 0 Å². The average Bonchev–Trinajstić information content (AvgIpc) is 3.38. The van der Waals surface area contributed by atoms with Gasteiger partial charge in [-0.1, -0.05) is 24.8 Å². The zero-order valence-corrected chi connectivity index (χ0v) is 14.9. The van der Waals surface area contributed by atoms with Crippen molar-refractivity contribution in [3.8, 4) is 5.75 Å². The smallest absolute Gasteiger partial charge is 0.324 e. The molecule has 0 spiro atoms. The first kappa shape index (κ1) is 19.5. The Hall–Kier alpha value is -2.83. The number of rotatable bonds is 9. The van der Waals surface area contributed by atoms with Crippen LogP contribution >= 0.6 is 0 Å². The maximum absolute atomic E-state index is 12.6. The zero-order valence-electron chi connectivity index (χ0n) is 14.9. The van der Waals surface area contributed by atoms with Crippen LogP contribution in [0.15, 0.2) is 36.9 Å². The second-order valence-electron chi connectivity index (χ2n) is 5.99. The van der Waals surface area contributed by atoms with E-state index in [2.05, 4.69) is 6.58 Å². The molecule has 2 rings (SSSR count). The van der Waals surface area contributed by atoms with Crippen molar-refractivity contribution in [1.29, 1.82) is 0 Å². The van der Waals surface area contributed by atoms with Crippen LogP contribution in [0.5, 0.6) is 5.75 Å². The maximum Gasteiger partial charge on any atom is 0.324 e. The third-order valence-electron chi connectivity index (χ3n) is 4.18. The standard InChI is InChI=1S/C19H22O7/c1-4-9-24-17(21)19(10-15(19)12-25-13(2)20)18(22)26-11-14-5-7-16(23-3)8-6-14/h4-8,15H,1,9-12H2,2-3H3/t15-,19-/m1/s1. The minimum Gasteiger partial charge on any atom is -0.497 e. The van der Waals surface area contributed by atoms with Gasteiger partial charge in [-0.15, -0.1) is 0 Å². The van der Waals surface area contributed by atoms with Gasteiger partial charge in [-0.3, -0.25) is 14.4 Å². The van der Waals surface area contributed by atoms with Crippen molar-refractivity contribution in [2.24, 2.45) is 11.3 Å². The third-order valence-corrected chi connectivity index (χ3v) is 4.18. The molecule has 0 aromatic heterocycles. The molecular formula is C19H22O7. The summed E-state index contributed by atoms with van der Waals surface area (Å²) in [5.41, 5.74) is -0.670. The maximum atomic E-state index is 12.6. The highest BCUT2D eigenvalue weighted by atomic mass is 16.6. The van der Waals surface area contributed by atoms with Gasteiger partial charge in [0.15, 0.2) is 5.41 Å². The number of esters is 3. The molecule has 0 radical (unpaired) electrons. The predicted molar refractivity (Wildman–Crippen MR) is 91.1 cm³/mol. The van der Waals surface area contributed by atoms with Gasteiger partial charge in [-0.25, -0.2) is 0 Å². The lowest BCUT2D eigenvalue weighted by Crippen LogP contribution is -2.33. The van der Waals surface area contributed by atoms with E-state index < -0.39 is 29.2 Å². The summed E-state index contributed by atoms with van der Waals surface area (Å²) in [6.45, 7) is 4.72. The van der Waals surface area contributed by atoms with E-state index in [0.717, 1.165) is 5.56 Å². The highest BCUT2D eigenvalue weighted by molar-refractivity contribution is 6.04. The molecule has 140 valence electrons. The predicted octanol–water partition coefficient (Wildman–Crippen LogP) is 2.04. The summed E-state index contributed by atoms with van der Waals surface area (Å²) in [6.07, 6.45) is 1.63. The second-order valence-corrected chi connectivity index (χ2v) is 5.99. The first-order valence-electron chi connectivity index (χ1n) is 8.15. The highest BCUT2D eigenvalue weighted by Crippen LogP contribution is 2.54. The van der Waals surface area contributed by atoms with Gasteiger partial charge in [0.05, 0.1) is 13.7 Å². The molecule has 7 heteroatoms. The molecule has 0 N–H and O–H groups in total. The van der Waals surface area contributed by atoms with Crippen LogP contribution in [0.1, 0.15) is 18.9 Å². The van der Waals surface area contributed by atoms with Crippen molar-refractivity contribution < 1.29 is 33.3 Å². The molecule has 1 aromatic rings. The van der Waals surface area contributed by atoms with Crippen LogP contribution in [0.3, 0.4) is 0 Å². The fourth-order valence-corrected chi connectivity index (χ4v) is 2.60. The Balaban J connectivity index is 2.02. The van der Waals surface area contributed by atoms with Gasteiger partial charge in [0.1, 0.15) is 19.0 Å². The second kappa shape index (κ2) is 8.51. The van der Waals surface area contributed by atoms with Crippen LogP contribution in [0.2, 0.25) is 0 Å². The van der Waals surface area contributed by atoms with E-state index in [4.69, 9.17) is 18.9 Å². The summed E-state index contributed by atoms with van der Waals surface area (Å²) >= 11 is 0. The molecule has 0 heterocycles. The lowest BCUT2D eigenvalue weighted by atomic mass is 10.0. The van der Waals surface area contributed by atoms with Gasteiger partial charge < -0.3 is 18.9 Å². The lowest BCUT2D eigenvalue weighted by Gasteiger charge is -2.15. The van der Waals surface area contributed by atoms with Crippen molar-refractivity contribution in [3.05, 3.63) is 42.5 Å². The van der Waals surface area contributed by atoms with E-state index in [9.17, 15) is 14.4 Å². The SMILES string of the molecule is C=CCOC(=O)[C@@]1(C(=O)OCc2ccc(OC)cc2)C[C@@H]1COC(C)=O. The largest absolute Gasteiger partial charge is 0.497 e. The van der Waals surface area contributed by atoms with Gasteiger partial charge in [0, 0.05) is 12.8 Å². The van der Waals surface area contributed by atoms with E-state index in [0.29, 0.717) is 5.75 Å². The van der Waals surface area contributed by atoms with Crippen molar-refractivity contribution in [2.45, 2.75) is 20.0 Å². The summed E-state index contributed by atoms with van der Waals surface area (Å²) in [5, 5.41) is 0. The molecule has 0 unspecified atom stereocenters. The molecule has 0 bridgehead atoms. The summed E-state index contributed by atoms with van der Waals surface area (Å²) < 4.78 is 20.4. The topological polar surface area (TPSA) is 88.1 Å². The van der Waals surface area contributed by atoms with E-state index in [1.54, 1.807) is 31.4 Å². The first-order valence-corrected chi connectivity index (χ1v) is 8.15. The molecule has 1 aromatic carbocycles. The van der Waals surface area contributed by atoms with Crippen LogP contribution in [0, 0.1) is 11.3 Å². The van der Waals surface area contributed by atoms with Crippen LogP contribution in [0.4, 0.5) is 0 Å². The third kappa shape index (κ3) is 4.41. The Morgan fingerprint density at radius 3 is 2.38 bits per heavy atom. The number of carbonyl (C=O) groups excluding carboxylic acids is 3. The lowest BCUT2D eigenvalue weighted by molar-refractivity contribution is -0.167. The molecule has 0 saturated heterocycles. The Kier molecular flexibility index (Phi) is 6.38. The molecule has 0 aliphatic heterocycles. The van der Waals surface area contributed by atoms with Gasteiger partial charge >= 0.3 is 17.9 Å². The minimum atomic E-state index is -1.43. The Bertz CT molecular complexity index is 680. The summed E-state index contributed by atoms with van der Waals surface area (Å²) in [7, 11) is 1.56. The number of methoxy groups -OCH3 is 1. The van der Waals surface area contributed by atoms with Crippen LogP contribution in [-0.4, -0.2) is 38.2 Å². The van der Waals surface area contributed by atoms with E-state index in [1.165, 1.54) is 13.0 Å². The van der Waals surface area contributed by atoms with Gasteiger partial charge in [-0.05, 0) is 24.1 Å². The summed E-state index contributed by atoms with van der Waals surface area (Å²) in [4.78, 5) is 35.9. The number of benzene rings is 1. The molecule has 0 amide bonds. The van der Waals surface area contributed by atoms with Crippen molar-refractivity contribution in [3.63, 3.8) is 0 Å². The van der Waals surface area contributed by atoms with Crippen LogP contribution in [0.25, 0.3) is 0 Å². The van der Waals surface area contributed by atoms with E-state index >= 15 is 0 Å². The van der Waals surface area contributed by atoms with E-state index in [1.807, 2.05) is 0 Å². The fourth-order valence-electron chi connectivity index (χ4n) is 2.60. The first-order chi connectivity index (χ1) is 12.4.